The maximum Gasteiger partial charge on any atom is 0.127 e. The lowest BCUT2D eigenvalue weighted by atomic mass is 10.1. The number of hydrogen-bond acceptors (Lipinski definition) is 4. The van der Waals surface area contributed by atoms with Crippen molar-refractivity contribution in [2.45, 2.75) is 39.5 Å². The molecule has 114 valence electrons. The Morgan fingerprint density at radius 2 is 2.05 bits per heavy atom. The van der Waals surface area contributed by atoms with Gasteiger partial charge in [-0.3, -0.25) is 0 Å². The monoisotopic (exact) mass is 345 g/mol. The minimum atomic E-state index is -0.507. The quantitative estimate of drug-likeness (QED) is 0.711. The van der Waals surface area contributed by atoms with Gasteiger partial charge in [-0.15, -0.1) is 0 Å². The molecule has 20 heavy (non-hydrogen) atoms. The van der Waals surface area contributed by atoms with Gasteiger partial charge in [0.15, 0.2) is 0 Å². The second-order valence-electron chi connectivity index (χ2n) is 4.94. The van der Waals surface area contributed by atoms with E-state index in [1.807, 2.05) is 26.0 Å². The highest BCUT2D eigenvalue weighted by Crippen LogP contribution is 2.29. The van der Waals surface area contributed by atoms with E-state index in [0.29, 0.717) is 13.2 Å². The van der Waals surface area contributed by atoms with E-state index < -0.39 is 6.10 Å². The molecule has 0 radical (unpaired) electrons. The first-order chi connectivity index (χ1) is 9.45. The Balaban J connectivity index is 2.84. The molecule has 1 aromatic rings. The normalized spacial score (nSPS) is 14.1. The van der Waals surface area contributed by atoms with Gasteiger partial charge in [0.05, 0.1) is 12.7 Å². The molecule has 0 fully saturated rings. The molecule has 0 heterocycles. The summed E-state index contributed by atoms with van der Waals surface area (Å²) in [6.07, 6.45) is -0.750. The van der Waals surface area contributed by atoms with E-state index in [4.69, 9.17) is 9.47 Å². The number of aliphatic hydroxyl groups is 1. The van der Waals surface area contributed by atoms with Gasteiger partial charge in [-0.05, 0) is 38.5 Å². The maximum absolute atomic E-state index is 9.60. The van der Waals surface area contributed by atoms with Crippen molar-refractivity contribution in [3.8, 4) is 5.75 Å². The maximum atomic E-state index is 9.60. The molecule has 0 aliphatic carbocycles. The van der Waals surface area contributed by atoms with Crippen molar-refractivity contribution < 1.29 is 14.6 Å². The highest BCUT2D eigenvalue weighted by atomic mass is 79.9. The first-order valence-electron chi connectivity index (χ1n) is 6.79. The number of aliphatic hydroxyl groups excluding tert-OH is 1. The summed E-state index contributed by atoms with van der Waals surface area (Å²) < 4.78 is 11.9. The van der Waals surface area contributed by atoms with Gasteiger partial charge in [0.1, 0.15) is 11.9 Å². The number of ether oxygens (including phenoxy) is 2. The Morgan fingerprint density at radius 1 is 1.35 bits per heavy atom. The molecule has 0 spiro atoms. The van der Waals surface area contributed by atoms with Crippen molar-refractivity contribution in [1.29, 1.82) is 0 Å². The van der Waals surface area contributed by atoms with Crippen molar-refractivity contribution >= 4 is 15.9 Å². The van der Waals surface area contributed by atoms with E-state index >= 15 is 0 Å². The smallest absolute Gasteiger partial charge is 0.127 e. The Hall–Kier alpha value is -0.620. The predicted octanol–water partition coefficient (Wildman–Crippen LogP) is 2.64. The molecule has 4 nitrogen and oxygen atoms in total. The molecular weight excluding hydrogens is 322 g/mol. The van der Waals surface area contributed by atoms with Gasteiger partial charge in [-0.25, -0.2) is 0 Å². The number of rotatable bonds is 8. The number of methoxy groups -OCH3 is 1. The molecule has 0 bridgehead atoms. The zero-order chi connectivity index (χ0) is 15.1. The van der Waals surface area contributed by atoms with Crippen molar-refractivity contribution in [3.05, 3.63) is 27.7 Å². The minimum absolute atomic E-state index is 0.243. The topological polar surface area (TPSA) is 50.7 Å². The number of halogens is 1. The Labute approximate surface area is 129 Å². The molecule has 0 amide bonds. The summed E-state index contributed by atoms with van der Waals surface area (Å²) >= 11 is 3.51. The third kappa shape index (κ3) is 5.40. The molecule has 1 rings (SSSR count). The van der Waals surface area contributed by atoms with E-state index in [9.17, 15) is 5.11 Å². The van der Waals surface area contributed by atoms with Gasteiger partial charge in [-0.2, -0.15) is 0 Å². The Kier molecular flexibility index (Phi) is 7.51. The van der Waals surface area contributed by atoms with E-state index in [0.717, 1.165) is 27.9 Å². The molecule has 0 aliphatic heterocycles. The van der Waals surface area contributed by atoms with E-state index in [-0.39, 0.29) is 6.10 Å². The van der Waals surface area contributed by atoms with Gasteiger partial charge in [0.25, 0.3) is 0 Å². The van der Waals surface area contributed by atoms with Crippen molar-refractivity contribution in [1.82, 2.24) is 5.32 Å². The van der Waals surface area contributed by atoms with Crippen LogP contribution in [0.25, 0.3) is 0 Å². The molecule has 0 saturated carbocycles. The van der Waals surface area contributed by atoms with Crippen LogP contribution in [0.1, 0.15) is 25.0 Å². The Morgan fingerprint density at radius 3 is 2.65 bits per heavy atom. The van der Waals surface area contributed by atoms with Gasteiger partial charge >= 0.3 is 0 Å². The molecule has 1 aromatic carbocycles. The van der Waals surface area contributed by atoms with E-state index in [1.165, 1.54) is 0 Å². The summed E-state index contributed by atoms with van der Waals surface area (Å²) in [5, 5.41) is 12.9. The van der Waals surface area contributed by atoms with Crippen LogP contribution in [0.5, 0.6) is 5.75 Å². The summed E-state index contributed by atoms with van der Waals surface area (Å²) in [4.78, 5) is 0. The van der Waals surface area contributed by atoms with Crippen LogP contribution in [0, 0.1) is 6.92 Å². The SMILES string of the molecule is COCCNCc1cc(Br)cc(C)c1OC(C)C(C)O. The molecular formula is C15H24BrNO3. The number of aryl methyl sites for hydroxylation is 1. The van der Waals surface area contributed by atoms with Crippen LogP contribution in [0.15, 0.2) is 16.6 Å². The third-order valence-electron chi connectivity index (χ3n) is 3.10. The highest BCUT2D eigenvalue weighted by Gasteiger charge is 2.15. The Bertz CT molecular complexity index is 424. The van der Waals surface area contributed by atoms with Gasteiger partial charge < -0.3 is 19.9 Å². The first-order valence-corrected chi connectivity index (χ1v) is 7.58. The summed E-state index contributed by atoms with van der Waals surface area (Å²) in [7, 11) is 1.68. The fourth-order valence-corrected chi connectivity index (χ4v) is 2.40. The third-order valence-corrected chi connectivity index (χ3v) is 3.56. The van der Waals surface area contributed by atoms with Gasteiger partial charge in [0.2, 0.25) is 0 Å². The zero-order valence-electron chi connectivity index (χ0n) is 12.6. The van der Waals surface area contributed by atoms with Crippen LogP contribution >= 0.6 is 15.9 Å². The standard InChI is InChI=1S/C15H24BrNO3/c1-10-7-14(16)8-13(9-17-5-6-19-4)15(10)20-12(3)11(2)18/h7-8,11-12,17-18H,5-6,9H2,1-4H3. The summed E-state index contributed by atoms with van der Waals surface area (Å²) in [6.45, 7) is 7.77. The summed E-state index contributed by atoms with van der Waals surface area (Å²) in [5.41, 5.74) is 2.12. The molecule has 2 unspecified atom stereocenters. The minimum Gasteiger partial charge on any atom is -0.487 e. The average Bonchev–Trinajstić information content (AvgIpc) is 2.38. The number of hydrogen-bond donors (Lipinski definition) is 2. The van der Waals surface area contributed by atoms with Gasteiger partial charge in [0, 0.05) is 30.2 Å². The molecule has 0 aliphatic rings. The van der Waals surface area contributed by atoms with Crippen molar-refractivity contribution in [2.75, 3.05) is 20.3 Å². The average molecular weight is 346 g/mol. The van der Waals surface area contributed by atoms with Crippen LogP contribution in [-0.4, -0.2) is 37.6 Å². The highest BCUT2D eigenvalue weighted by molar-refractivity contribution is 9.10. The van der Waals surface area contributed by atoms with Crippen molar-refractivity contribution in [2.24, 2.45) is 0 Å². The largest absolute Gasteiger partial charge is 0.487 e. The fraction of sp³-hybridized carbons (Fsp3) is 0.600. The number of nitrogens with one attached hydrogen (secondary N) is 1. The lowest BCUT2D eigenvalue weighted by Crippen LogP contribution is -2.27. The van der Waals surface area contributed by atoms with Crippen molar-refractivity contribution in [3.63, 3.8) is 0 Å². The molecule has 2 N–H and O–H groups in total. The van der Waals surface area contributed by atoms with Crippen LogP contribution < -0.4 is 10.1 Å². The van der Waals surface area contributed by atoms with Crippen LogP contribution in [-0.2, 0) is 11.3 Å². The molecule has 2 atom stereocenters. The number of benzene rings is 1. The molecule has 0 aromatic heterocycles. The lowest BCUT2D eigenvalue weighted by Gasteiger charge is -2.22. The zero-order valence-corrected chi connectivity index (χ0v) is 14.2. The van der Waals surface area contributed by atoms with Gasteiger partial charge in [-0.1, -0.05) is 15.9 Å². The predicted molar refractivity (Wildman–Crippen MR) is 84.2 cm³/mol. The van der Waals surface area contributed by atoms with Crippen LogP contribution in [0.4, 0.5) is 0 Å². The summed E-state index contributed by atoms with van der Waals surface area (Å²) in [6, 6.07) is 4.06. The van der Waals surface area contributed by atoms with E-state index in [1.54, 1.807) is 14.0 Å². The fourth-order valence-electron chi connectivity index (χ4n) is 1.78. The second kappa shape index (κ2) is 8.62. The molecule has 0 saturated heterocycles. The molecule has 5 heteroatoms. The van der Waals surface area contributed by atoms with Crippen LogP contribution in [0.2, 0.25) is 0 Å². The van der Waals surface area contributed by atoms with E-state index in [2.05, 4.69) is 21.2 Å². The van der Waals surface area contributed by atoms with Crippen LogP contribution in [0.3, 0.4) is 0 Å². The summed E-state index contributed by atoms with van der Waals surface area (Å²) in [5.74, 6) is 0.839. The second-order valence-corrected chi connectivity index (χ2v) is 5.86. The first kappa shape index (κ1) is 17.4. The lowest BCUT2D eigenvalue weighted by molar-refractivity contribution is 0.0593.